The molecule has 0 radical (unpaired) electrons. The molecule has 0 unspecified atom stereocenters. The highest BCUT2D eigenvalue weighted by Gasteiger charge is 2.20. The Morgan fingerprint density at radius 1 is 1.24 bits per heavy atom. The number of anilines is 1. The Morgan fingerprint density at radius 3 is 2.62 bits per heavy atom. The van der Waals surface area contributed by atoms with Gasteiger partial charge in [0.2, 0.25) is 0 Å². The highest BCUT2D eigenvalue weighted by Crippen LogP contribution is 2.26. The van der Waals surface area contributed by atoms with E-state index >= 15 is 0 Å². The van der Waals surface area contributed by atoms with Gasteiger partial charge in [-0.05, 0) is 32.9 Å². The van der Waals surface area contributed by atoms with Crippen LogP contribution in [0.1, 0.15) is 39.6 Å². The number of rotatable bonds is 5. The summed E-state index contributed by atoms with van der Waals surface area (Å²) >= 11 is 1.08. The van der Waals surface area contributed by atoms with E-state index in [9.17, 15) is 14.4 Å². The van der Waals surface area contributed by atoms with Crippen molar-refractivity contribution in [2.75, 3.05) is 19.4 Å². The van der Waals surface area contributed by atoms with Crippen LogP contribution in [0.4, 0.5) is 5.13 Å². The predicted molar refractivity (Wildman–Crippen MR) is 111 cm³/mol. The molecule has 152 valence electrons. The first-order valence-corrected chi connectivity index (χ1v) is 9.72. The summed E-state index contributed by atoms with van der Waals surface area (Å²) in [5.74, 6) is -0.169. The van der Waals surface area contributed by atoms with Gasteiger partial charge in [-0.25, -0.2) is 9.78 Å². The van der Waals surface area contributed by atoms with E-state index in [4.69, 9.17) is 9.15 Å². The Hall–Kier alpha value is -3.20. The molecule has 0 bridgehead atoms. The zero-order valence-electron chi connectivity index (χ0n) is 16.7. The van der Waals surface area contributed by atoms with Crippen LogP contribution in [0.15, 0.2) is 33.5 Å². The number of carbonyl (C=O) groups excluding carboxylic acids is 2. The van der Waals surface area contributed by atoms with E-state index in [1.54, 1.807) is 39.2 Å². The van der Waals surface area contributed by atoms with Gasteiger partial charge in [-0.2, -0.15) is 0 Å². The van der Waals surface area contributed by atoms with Crippen molar-refractivity contribution in [2.45, 2.75) is 26.9 Å². The number of benzene rings is 1. The molecular weight excluding hydrogens is 394 g/mol. The molecule has 29 heavy (non-hydrogen) atoms. The first-order valence-electron chi connectivity index (χ1n) is 8.90. The molecule has 3 aromatic rings. The molecule has 0 saturated heterocycles. The molecule has 2 heterocycles. The molecule has 0 aliphatic carbocycles. The number of ether oxygens (including phenoxy) is 1. The van der Waals surface area contributed by atoms with E-state index in [1.807, 2.05) is 13.8 Å². The molecule has 0 atom stereocenters. The van der Waals surface area contributed by atoms with E-state index in [2.05, 4.69) is 10.3 Å². The SMILES string of the molecule is Cc1nc(NC(=O)c2cc(=O)oc3cc(OC(C)C)ccc23)sc1C(=O)N(C)C. The Bertz CT molecular complexity index is 1150. The van der Waals surface area contributed by atoms with Gasteiger partial charge in [0.25, 0.3) is 11.8 Å². The number of thiazole rings is 1. The maximum Gasteiger partial charge on any atom is 0.337 e. The van der Waals surface area contributed by atoms with Crippen LogP contribution < -0.4 is 15.7 Å². The summed E-state index contributed by atoms with van der Waals surface area (Å²) < 4.78 is 10.8. The molecule has 2 amide bonds. The summed E-state index contributed by atoms with van der Waals surface area (Å²) in [6.45, 7) is 5.47. The maximum absolute atomic E-state index is 12.8. The number of amides is 2. The number of nitrogens with one attached hydrogen (secondary N) is 1. The number of carbonyl (C=O) groups is 2. The zero-order valence-corrected chi connectivity index (χ0v) is 17.5. The fourth-order valence-electron chi connectivity index (χ4n) is 2.69. The second kappa shape index (κ2) is 8.04. The van der Waals surface area contributed by atoms with Crippen LogP contribution >= 0.6 is 11.3 Å². The third kappa shape index (κ3) is 4.45. The van der Waals surface area contributed by atoms with Crippen LogP contribution in [0.3, 0.4) is 0 Å². The summed E-state index contributed by atoms with van der Waals surface area (Å²) in [6, 6.07) is 6.08. The Kier molecular flexibility index (Phi) is 5.69. The molecule has 0 aliphatic rings. The first-order chi connectivity index (χ1) is 13.7. The molecule has 9 heteroatoms. The molecule has 1 N–H and O–H groups in total. The van der Waals surface area contributed by atoms with Gasteiger partial charge in [-0.3, -0.25) is 14.9 Å². The van der Waals surface area contributed by atoms with E-state index in [-0.39, 0.29) is 28.3 Å². The number of aryl methyl sites for hydroxylation is 1. The Morgan fingerprint density at radius 2 is 1.97 bits per heavy atom. The third-order valence-electron chi connectivity index (χ3n) is 3.95. The topological polar surface area (TPSA) is 102 Å². The van der Waals surface area contributed by atoms with Crippen LogP contribution in [0, 0.1) is 6.92 Å². The summed E-state index contributed by atoms with van der Waals surface area (Å²) in [5, 5.41) is 3.41. The Balaban J connectivity index is 1.94. The number of fused-ring (bicyclic) bond motifs is 1. The quantitative estimate of drug-likeness (QED) is 0.642. The molecule has 0 spiro atoms. The normalized spacial score (nSPS) is 11.0. The fraction of sp³-hybridized carbons (Fsp3) is 0.300. The van der Waals surface area contributed by atoms with Crippen LogP contribution in [0.5, 0.6) is 5.75 Å². The van der Waals surface area contributed by atoms with Gasteiger partial charge in [-0.1, -0.05) is 11.3 Å². The average molecular weight is 415 g/mol. The van der Waals surface area contributed by atoms with E-state index in [0.29, 0.717) is 21.7 Å². The monoisotopic (exact) mass is 415 g/mol. The first kappa shape index (κ1) is 20.5. The molecule has 0 fully saturated rings. The molecule has 0 aliphatic heterocycles. The van der Waals surface area contributed by atoms with Gasteiger partial charge >= 0.3 is 5.63 Å². The van der Waals surface area contributed by atoms with Gasteiger partial charge in [-0.15, -0.1) is 0 Å². The average Bonchev–Trinajstić information content (AvgIpc) is 2.99. The Labute approximate surface area is 171 Å². The summed E-state index contributed by atoms with van der Waals surface area (Å²) in [5.41, 5.74) is 0.278. The van der Waals surface area contributed by atoms with Crippen molar-refractivity contribution in [2.24, 2.45) is 0 Å². The predicted octanol–water partition coefficient (Wildman–Crippen LogP) is 3.30. The molecule has 8 nitrogen and oxygen atoms in total. The standard InChI is InChI=1S/C20H21N3O5S/c1-10(2)27-12-6-7-13-14(9-16(24)28-15(13)8-12)18(25)22-20-21-11(3)17(29-20)19(26)23(4)5/h6-10H,1-5H3,(H,21,22,25). The minimum absolute atomic E-state index is 0.0436. The lowest BCUT2D eigenvalue weighted by molar-refractivity contribution is 0.0831. The second-order valence-electron chi connectivity index (χ2n) is 6.89. The number of nitrogens with zero attached hydrogens (tertiary/aromatic N) is 2. The summed E-state index contributed by atoms with van der Waals surface area (Å²) in [4.78, 5) is 43.1. The highest BCUT2D eigenvalue weighted by molar-refractivity contribution is 7.17. The number of aromatic nitrogens is 1. The van der Waals surface area contributed by atoms with Crippen molar-refractivity contribution in [3.63, 3.8) is 0 Å². The number of hydrogen-bond acceptors (Lipinski definition) is 7. The summed E-state index contributed by atoms with van der Waals surface area (Å²) in [6.07, 6.45) is -0.0436. The lowest BCUT2D eigenvalue weighted by Crippen LogP contribution is -2.21. The molecule has 3 rings (SSSR count). The summed E-state index contributed by atoms with van der Waals surface area (Å²) in [7, 11) is 3.29. The van der Waals surface area contributed by atoms with Crippen LogP contribution in [0.25, 0.3) is 11.0 Å². The van der Waals surface area contributed by atoms with Crippen LogP contribution in [0.2, 0.25) is 0 Å². The van der Waals surface area contributed by atoms with E-state index in [1.165, 1.54) is 4.90 Å². The fourth-order valence-corrected chi connectivity index (χ4v) is 3.68. The largest absolute Gasteiger partial charge is 0.491 e. The van der Waals surface area contributed by atoms with Crippen molar-refractivity contribution < 1.29 is 18.7 Å². The third-order valence-corrected chi connectivity index (χ3v) is 5.01. The molecule has 1 aromatic carbocycles. The molecule has 2 aromatic heterocycles. The van der Waals surface area contributed by atoms with Crippen molar-refractivity contribution in [3.05, 3.63) is 50.8 Å². The van der Waals surface area contributed by atoms with Crippen molar-refractivity contribution in [1.29, 1.82) is 0 Å². The molecule has 0 saturated carbocycles. The van der Waals surface area contributed by atoms with E-state index < -0.39 is 11.5 Å². The van der Waals surface area contributed by atoms with Gasteiger partial charge in [0, 0.05) is 31.6 Å². The van der Waals surface area contributed by atoms with Gasteiger partial charge < -0.3 is 14.1 Å². The van der Waals surface area contributed by atoms with Gasteiger partial charge in [0.05, 0.1) is 17.4 Å². The number of hydrogen-bond donors (Lipinski definition) is 1. The second-order valence-corrected chi connectivity index (χ2v) is 7.89. The highest BCUT2D eigenvalue weighted by atomic mass is 32.1. The smallest absolute Gasteiger partial charge is 0.337 e. The maximum atomic E-state index is 12.8. The van der Waals surface area contributed by atoms with Crippen molar-refractivity contribution in [3.8, 4) is 5.75 Å². The van der Waals surface area contributed by atoms with E-state index in [0.717, 1.165) is 17.4 Å². The van der Waals surface area contributed by atoms with Crippen molar-refractivity contribution >= 4 is 39.3 Å². The van der Waals surface area contributed by atoms with Crippen molar-refractivity contribution in [1.82, 2.24) is 9.88 Å². The lowest BCUT2D eigenvalue weighted by atomic mass is 10.1. The minimum Gasteiger partial charge on any atom is -0.491 e. The minimum atomic E-state index is -0.650. The van der Waals surface area contributed by atoms with Gasteiger partial charge in [0.15, 0.2) is 5.13 Å². The lowest BCUT2D eigenvalue weighted by Gasteiger charge is -2.11. The van der Waals surface area contributed by atoms with Gasteiger partial charge in [0.1, 0.15) is 16.2 Å². The van der Waals surface area contributed by atoms with Crippen LogP contribution in [-0.4, -0.2) is 41.9 Å². The zero-order chi connectivity index (χ0) is 21.3. The molecular formula is C20H21N3O5S. The van der Waals surface area contributed by atoms with Crippen LogP contribution in [-0.2, 0) is 0 Å².